The van der Waals surface area contributed by atoms with Gasteiger partial charge in [0.15, 0.2) is 0 Å². The number of rotatable bonds is 10. The van der Waals surface area contributed by atoms with Gasteiger partial charge in [0.2, 0.25) is 0 Å². The van der Waals surface area contributed by atoms with Crippen molar-refractivity contribution in [2.75, 3.05) is 13.7 Å². The molecule has 5 nitrogen and oxygen atoms in total. The summed E-state index contributed by atoms with van der Waals surface area (Å²) in [5.41, 5.74) is 0.673. The molecule has 0 spiro atoms. The van der Waals surface area contributed by atoms with Gasteiger partial charge in [0.1, 0.15) is 11.9 Å². The van der Waals surface area contributed by atoms with Crippen LogP contribution in [0.4, 0.5) is 0 Å². The fraction of sp³-hybridized carbons (Fsp3) is 0.556. The zero-order valence-corrected chi connectivity index (χ0v) is 14.2. The van der Waals surface area contributed by atoms with Crippen molar-refractivity contribution in [3.63, 3.8) is 0 Å². The van der Waals surface area contributed by atoms with Gasteiger partial charge in [0.25, 0.3) is 0 Å². The second-order valence-electron chi connectivity index (χ2n) is 5.19. The molecule has 0 bridgehead atoms. The van der Waals surface area contributed by atoms with Crippen molar-refractivity contribution in [2.24, 2.45) is 0 Å². The van der Waals surface area contributed by atoms with Gasteiger partial charge in [-0.3, -0.25) is 9.59 Å². The third kappa shape index (κ3) is 6.72. The van der Waals surface area contributed by atoms with Gasteiger partial charge in [-0.2, -0.15) is 0 Å². The minimum absolute atomic E-state index is 0.0201. The number of ether oxygens (including phenoxy) is 3. The minimum atomic E-state index is -0.695. The Morgan fingerprint density at radius 2 is 1.83 bits per heavy atom. The molecule has 0 saturated carbocycles. The Morgan fingerprint density at radius 1 is 1.09 bits per heavy atom. The zero-order valence-electron chi connectivity index (χ0n) is 14.2. The van der Waals surface area contributed by atoms with Gasteiger partial charge in [-0.15, -0.1) is 0 Å². The van der Waals surface area contributed by atoms with Crippen LogP contribution in [0.5, 0.6) is 5.75 Å². The van der Waals surface area contributed by atoms with Crippen LogP contribution in [0.15, 0.2) is 24.3 Å². The molecule has 1 aromatic carbocycles. The quantitative estimate of drug-likeness (QED) is 0.484. The molecule has 0 heterocycles. The average Bonchev–Trinajstić information content (AvgIpc) is 2.54. The van der Waals surface area contributed by atoms with E-state index >= 15 is 0 Å². The lowest BCUT2D eigenvalue weighted by Crippen LogP contribution is -2.17. The highest BCUT2D eigenvalue weighted by molar-refractivity contribution is 5.73. The first-order valence-corrected chi connectivity index (χ1v) is 8.10. The number of methoxy groups -OCH3 is 1. The normalized spacial score (nSPS) is 11.6. The van der Waals surface area contributed by atoms with Crippen molar-refractivity contribution in [1.82, 2.24) is 0 Å². The van der Waals surface area contributed by atoms with Crippen LogP contribution in [-0.2, 0) is 19.1 Å². The monoisotopic (exact) mass is 322 g/mol. The predicted octanol–water partition coefficient (Wildman–Crippen LogP) is 3.81. The summed E-state index contributed by atoms with van der Waals surface area (Å²) in [6, 6.07) is 7.22. The molecule has 1 rings (SSSR count). The summed E-state index contributed by atoms with van der Waals surface area (Å²) in [6.45, 7) is 4.11. The molecule has 0 aliphatic carbocycles. The molecule has 0 aliphatic heterocycles. The molecular formula is C18H26O5. The van der Waals surface area contributed by atoms with Gasteiger partial charge in [0, 0.05) is 12.0 Å². The van der Waals surface area contributed by atoms with E-state index in [1.165, 1.54) is 0 Å². The summed E-state index contributed by atoms with van der Waals surface area (Å²) >= 11 is 0. The summed E-state index contributed by atoms with van der Waals surface area (Å²) < 4.78 is 15.8. The van der Waals surface area contributed by atoms with E-state index in [2.05, 4.69) is 6.92 Å². The molecule has 1 unspecified atom stereocenters. The molecule has 0 radical (unpaired) electrons. The van der Waals surface area contributed by atoms with Crippen molar-refractivity contribution in [3.8, 4) is 5.75 Å². The van der Waals surface area contributed by atoms with E-state index in [-0.39, 0.29) is 12.4 Å². The number of para-hydroxylation sites is 1. The van der Waals surface area contributed by atoms with Crippen LogP contribution in [0.2, 0.25) is 0 Å². The Morgan fingerprint density at radius 3 is 2.48 bits per heavy atom. The maximum absolute atomic E-state index is 12.0. The average molecular weight is 322 g/mol. The smallest absolute Gasteiger partial charge is 0.309 e. The van der Waals surface area contributed by atoms with E-state index < -0.39 is 12.1 Å². The molecule has 1 atom stereocenters. The molecule has 128 valence electrons. The van der Waals surface area contributed by atoms with Crippen LogP contribution in [0.25, 0.3) is 0 Å². The van der Waals surface area contributed by atoms with Crippen molar-refractivity contribution in [1.29, 1.82) is 0 Å². The van der Waals surface area contributed by atoms with E-state index in [0.717, 1.165) is 19.3 Å². The van der Waals surface area contributed by atoms with Gasteiger partial charge >= 0.3 is 11.9 Å². The second-order valence-corrected chi connectivity index (χ2v) is 5.19. The molecule has 1 aromatic rings. The number of hydrogen-bond acceptors (Lipinski definition) is 5. The van der Waals surface area contributed by atoms with E-state index in [0.29, 0.717) is 24.3 Å². The molecule has 0 N–H and O–H groups in total. The van der Waals surface area contributed by atoms with Gasteiger partial charge in [-0.1, -0.05) is 38.0 Å². The highest BCUT2D eigenvalue weighted by Gasteiger charge is 2.24. The fourth-order valence-electron chi connectivity index (χ4n) is 2.26. The predicted molar refractivity (Wildman–Crippen MR) is 87.2 cm³/mol. The number of carbonyl (C=O) groups excluding carboxylic acids is 2. The number of benzene rings is 1. The first-order chi connectivity index (χ1) is 11.1. The van der Waals surface area contributed by atoms with E-state index in [1.54, 1.807) is 26.2 Å². The SMILES string of the molecule is CCCCCC(=O)OC(CC(=O)OCC)c1ccccc1OC. The summed E-state index contributed by atoms with van der Waals surface area (Å²) in [7, 11) is 1.54. The van der Waals surface area contributed by atoms with Crippen molar-refractivity contribution >= 4 is 11.9 Å². The Hall–Kier alpha value is -2.04. The van der Waals surface area contributed by atoms with Crippen LogP contribution >= 0.6 is 0 Å². The van der Waals surface area contributed by atoms with Crippen molar-refractivity contribution in [3.05, 3.63) is 29.8 Å². The van der Waals surface area contributed by atoms with Gasteiger partial charge in [0.05, 0.1) is 20.1 Å². The summed E-state index contributed by atoms with van der Waals surface area (Å²) in [6.07, 6.45) is 2.43. The lowest BCUT2D eigenvalue weighted by atomic mass is 10.0. The van der Waals surface area contributed by atoms with Crippen LogP contribution in [0, 0.1) is 0 Å². The molecule has 0 amide bonds. The van der Waals surface area contributed by atoms with Crippen LogP contribution in [0.3, 0.4) is 0 Å². The first-order valence-electron chi connectivity index (χ1n) is 8.10. The second kappa shape index (κ2) is 10.6. The summed E-state index contributed by atoms with van der Waals surface area (Å²) in [5.74, 6) is -0.119. The van der Waals surface area contributed by atoms with Crippen molar-refractivity contribution in [2.45, 2.75) is 52.1 Å². The number of hydrogen-bond donors (Lipinski definition) is 0. The molecule has 0 aromatic heterocycles. The van der Waals surface area contributed by atoms with Crippen LogP contribution in [-0.4, -0.2) is 25.7 Å². The van der Waals surface area contributed by atoms with Crippen LogP contribution in [0.1, 0.15) is 57.6 Å². The maximum Gasteiger partial charge on any atom is 0.309 e. The first kappa shape index (κ1) is 19.0. The molecule has 0 saturated heterocycles. The van der Waals surface area contributed by atoms with Gasteiger partial charge in [-0.25, -0.2) is 0 Å². The standard InChI is InChI=1S/C18H26O5/c1-4-6-7-12-17(19)23-16(13-18(20)22-5-2)14-10-8-9-11-15(14)21-3/h8-11,16H,4-7,12-13H2,1-3H3. The van der Waals surface area contributed by atoms with Gasteiger partial charge in [-0.05, 0) is 19.4 Å². The van der Waals surface area contributed by atoms with E-state index in [4.69, 9.17) is 14.2 Å². The Kier molecular flexibility index (Phi) is 8.80. The lowest BCUT2D eigenvalue weighted by Gasteiger charge is -2.20. The highest BCUT2D eigenvalue weighted by atomic mass is 16.6. The molecule has 0 aliphatic rings. The summed E-state index contributed by atoms with van der Waals surface area (Å²) in [4.78, 5) is 23.8. The zero-order chi connectivity index (χ0) is 17.1. The molecular weight excluding hydrogens is 296 g/mol. The van der Waals surface area contributed by atoms with E-state index in [1.807, 2.05) is 12.1 Å². The Bertz CT molecular complexity index is 498. The third-order valence-corrected chi connectivity index (χ3v) is 3.40. The number of unbranched alkanes of at least 4 members (excludes halogenated alkanes) is 2. The largest absolute Gasteiger partial charge is 0.496 e. The minimum Gasteiger partial charge on any atom is -0.496 e. The van der Waals surface area contributed by atoms with Crippen LogP contribution < -0.4 is 4.74 Å². The van der Waals surface area contributed by atoms with E-state index in [9.17, 15) is 9.59 Å². The summed E-state index contributed by atoms with van der Waals surface area (Å²) in [5, 5.41) is 0. The lowest BCUT2D eigenvalue weighted by molar-refractivity contribution is -0.155. The van der Waals surface area contributed by atoms with Gasteiger partial charge < -0.3 is 14.2 Å². The third-order valence-electron chi connectivity index (χ3n) is 3.40. The Balaban J connectivity index is 2.84. The Labute approximate surface area is 137 Å². The molecule has 0 fully saturated rings. The molecule has 23 heavy (non-hydrogen) atoms. The number of esters is 2. The molecule has 5 heteroatoms. The maximum atomic E-state index is 12.0. The fourth-order valence-corrected chi connectivity index (χ4v) is 2.26. The van der Waals surface area contributed by atoms with Crippen molar-refractivity contribution < 1.29 is 23.8 Å². The number of carbonyl (C=O) groups is 2. The topological polar surface area (TPSA) is 61.8 Å². The highest BCUT2D eigenvalue weighted by Crippen LogP contribution is 2.30.